The molecule has 0 saturated carbocycles. The summed E-state index contributed by atoms with van der Waals surface area (Å²) in [5.74, 6) is 0.397. The number of benzene rings is 2. The van der Waals surface area contributed by atoms with Gasteiger partial charge in [0.25, 0.3) is 0 Å². The number of hydrogen-bond donors (Lipinski definition) is 1. The van der Waals surface area contributed by atoms with Gasteiger partial charge in [0.1, 0.15) is 0 Å². The molecule has 0 radical (unpaired) electrons. The normalized spacial score (nSPS) is 11.1. The molecule has 96 valence electrons. The highest BCUT2D eigenvalue weighted by molar-refractivity contribution is 6.33. The second kappa shape index (κ2) is 4.44. The van der Waals surface area contributed by atoms with Gasteiger partial charge in [0, 0.05) is 5.02 Å². The number of fused-ring (bicyclic) bond motifs is 1. The summed E-state index contributed by atoms with van der Waals surface area (Å²) in [6.45, 7) is 1.98. The van der Waals surface area contributed by atoms with E-state index in [1.165, 1.54) is 0 Å². The first-order chi connectivity index (χ1) is 9.08. The van der Waals surface area contributed by atoms with Crippen LogP contribution in [0.5, 0.6) is 0 Å². The van der Waals surface area contributed by atoms with Gasteiger partial charge >= 0.3 is 0 Å². The lowest BCUT2D eigenvalue weighted by Crippen LogP contribution is -2.03. The van der Waals surface area contributed by atoms with Gasteiger partial charge in [-0.05, 0) is 36.8 Å². The Labute approximate surface area is 120 Å². The van der Waals surface area contributed by atoms with E-state index in [1.54, 1.807) is 6.07 Å². The lowest BCUT2D eigenvalue weighted by atomic mass is 10.2. The number of para-hydroxylation sites is 1. The summed E-state index contributed by atoms with van der Waals surface area (Å²) in [6, 6.07) is 11.2. The Kier molecular flexibility index (Phi) is 2.88. The molecule has 0 fully saturated rings. The summed E-state index contributed by atoms with van der Waals surface area (Å²) in [5.41, 5.74) is 9.53. The van der Waals surface area contributed by atoms with Crippen molar-refractivity contribution in [3.63, 3.8) is 0 Å². The van der Waals surface area contributed by atoms with Crippen LogP contribution in [0.3, 0.4) is 0 Å². The van der Waals surface area contributed by atoms with E-state index in [0.717, 1.165) is 22.3 Å². The van der Waals surface area contributed by atoms with Crippen molar-refractivity contribution in [1.29, 1.82) is 0 Å². The van der Waals surface area contributed by atoms with Crippen molar-refractivity contribution in [2.75, 3.05) is 5.73 Å². The third-order valence-corrected chi connectivity index (χ3v) is 3.59. The van der Waals surface area contributed by atoms with E-state index in [2.05, 4.69) is 4.98 Å². The Morgan fingerprint density at radius 3 is 2.68 bits per heavy atom. The number of aryl methyl sites for hydroxylation is 1. The highest BCUT2D eigenvalue weighted by atomic mass is 35.5. The first-order valence-electron chi connectivity index (χ1n) is 5.77. The maximum Gasteiger partial charge on any atom is 0.205 e. The molecule has 19 heavy (non-hydrogen) atoms. The molecule has 3 rings (SSSR count). The van der Waals surface area contributed by atoms with Crippen LogP contribution in [0.2, 0.25) is 10.0 Å². The first kappa shape index (κ1) is 12.3. The quantitative estimate of drug-likeness (QED) is 0.729. The number of nitrogens with zero attached hydrogens (tertiary/aromatic N) is 2. The first-order valence-corrected chi connectivity index (χ1v) is 6.52. The summed E-state index contributed by atoms with van der Waals surface area (Å²) in [7, 11) is 0. The van der Waals surface area contributed by atoms with Crippen molar-refractivity contribution in [1.82, 2.24) is 9.55 Å². The number of aromatic nitrogens is 2. The number of nitrogens with two attached hydrogens (primary N) is 1. The minimum Gasteiger partial charge on any atom is -0.369 e. The Bertz CT molecular complexity index is 757. The van der Waals surface area contributed by atoms with Crippen LogP contribution in [0, 0.1) is 6.92 Å². The number of hydrogen-bond acceptors (Lipinski definition) is 2. The van der Waals surface area contributed by atoms with Crippen LogP contribution in [-0.4, -0.2) is 9.55 Å². The summed E-state index contributed by atoms with van der Waals surface area (Å²) in [4.78, 5) is 4.34. The number of nitrogen functional groups attached to an aromatic ring is 1. The summed E-state index contributed by atoms with van der Waals surface area (Å²) >= 11 is 12.3. The fraction of sp³-hybridized carbons (Fsp3) is 0.0714. The second-order valence-electron chi connectivity index (χ2n) is 4.34. The highest BCUT2D eigenvalue weighted by Crippen LogP contribution is 2.31. The molecule has 0 unspecified atom stereocenters. The average molecular weight is 292 g/mol. The van der Waals surface area contributed by atoms with Crippen LogP contribution in [0.25, 0.3) is 16.7 Å². The standard InChI is InChI=1S/C14H11Cl2N3/c1-8-3-2-4-10(16)13(8)19-12-7-9(15)5-6-11(12)18-14(19)17/h2-7H,1H3,(H2,17,18). The topological polar surface area (TPSA) is 43.8 Å². The lowest BCUT2D eigenvalue weighted by Gasteiger charge is -2.12. The third kappa shape index (κ3) is 1.95. The molecule has 0 aliphatic heterocycles. The molecular formula is C14H11Cl2N3. The molecule has 3 nitrogen and oxygen atoms in total. The number of halogens is 2. The van der Waals surface area contributed by atoms with Gasteiger partial charge in [-0.15, -0.1) is 0 Å². The van der Waals surface area contributed by atoms with Gasteiger partial charge in [-0.25, -0.2) is 4.98 Å². The molecule has 1 heterocycles. The summed E-state index contributed by atoms with van der Waals surface area (Å²) in [5, 5.41) is 1.27. The maximum absolute atomic E-state index is 6.30. The molecular weight excluding hydrogens is 281 g/mol. The molecule has 0 saturated heterocycles. The maximum atomic E-state index is 6.30. The van der Waals surface area contributed by atoms with E-state index in [1.807, 2.05) is 41.8 Å². The van der Waals surface area contributed by atoms with Gasteiger partial charge in [-0.1, -0.05) is 35.3 Å². The van der Waals surface area contributed by atoms with Gasteiger partial charge in [0.15, 0.2) is 0 Å². The lowest BCUT2D eigenvalue weighted by molar-refractivity contribution is 1.09. The SMILES string of the molecule is Cc1cccc(Cl)c1-n1c(N)nc2ccc(Cl)cc21. The zero-order valence-corrected chi connectivity index (χ0v) is 11.7. The molecule has 0 bridgehead atoms. The van der Waals surface area contributed by atoms with Gasteiger partial charge in [-0.2, -0.15) is 0 Å². The molecule has 0 spiro atoms. The van der Waals surface area contributed by atoms with Crippen molar-refractivity contribution in [3.05, 3.63) is 52.0 Å². The number of rotatable bonds is 1. The molecule has 1 aromatic heterocycles. The van der Waals surface area contributed by atoms with Crippen LogP contribution in [0.1, 0.15) is 5.56 Å². The van der Waals surface area contributed by atoms with Crippen molar-refractivity contribution in [3.8, 4) is 5.69 Å². The van der Waals surface area contributed by atoms with E-state index in [4.69, 9.17) is 28.9 Å². The van der Waals surface area contributed by atoms with E-state index < -0.39 is 0 Å². The largest absolute Gasteiger partial charge is 0.369 e. The minimum absolute atomic E-state index is 0.397. The predicted octanol–water partition coefficient (Wildman–Crippen LogP) is 4.22. The van der Waals surface area contributed by atoms with Gasteiger partial charge in [-0.3, -0.25) is 4.57 Å². The molecule has 0 atom stereocenters. The zero-order valence-electron chi connectivity index (χ0n) is 10.2. The number of anilines is 1. The van der Waals surface area contributed by atoms with E-state index in [9.17, 15) is 0 Å². The van der Waals surface area contributed by atoms with Crippen LogP contribution < -0.4 is 5.73 Å². The van der Waals surface area contributed by atoms with Crippen LogP contribution in [0.15, 0.2) is 36.4 Å². The van der Waals surface area contributed by atoms with Crippen LogP contribution in [-0.2, 0) is 0 Å². The Balaban J connectivity index is 2.42. The van der Waals surface area contributed by atoms with Crippen LogP contribution in [0.4, 0.5) is 5.95 Å². The summed E-state index contributed by atoms with van der Waals surface area (Å²) in [6.07, 6.45) is 0. The van der Waals surface area contributed by atoms with Crippen molar-refractivity contribution >= 4 is 40.2 Å². The molecule has 0 aliphatic rings. The minimum atomic E-state index is 0.397. The molecule has 2 N–H and O–H groups in total. The second-order valence-corrected chi connectivity index (χ2v) is 5.19. The Morgan fingerprint density at radius 1 is 1.16 bits per heavy atom. The van der Waals surface area contributed by atoms with E-state index >= 15 is 0 Å². The third-order valence-electron chi connectivity index (χ3n) is 3.05. The Hall–Kier alpha value is -1.71. The fourth-order valence-corrected chi connectivity index (χ4v) is 2.68. The van der Waals surface area contributed by atoms with Gasteiger partial charge in [0.05, 0.1) is 21.7 Å². The molecule has 5 heteroatoms. The van der Waals surface area contributed by atoms with Gasteiger partial charge < -0.3 is 5.73 Å². The molecule has 0 aliphatic carbocycles. The molecule has 0 amide bonds. The highest BCUT2D eigenvalue weighted by Gasteiger charge is 2.14. The monoisotopic (exact) mass is 291 g/mol. The smallest absolute Gasteiger partial charge is 0.205 e. The van der Waals surface area contributed by atoms with Crippen molar-refractivity contribution < 1.29 is 0 Å². The van der Waals surface area contributed by atoms with Crippen LogP contribution >= 0.6 is 23.2 Å². The molecule has 2 aromatic carbocycles. The van der Waals surface area contributed by atoms with Crippen molar-refractivity contribution in [2.45, 2.75) is 6.92 Å². The van der Waals surface area contributed by atoms with Crippen molar-refractivity contribution in [2.24, 2.45) is 0 Å². The van der Waals surface area contributed by atoms with Gasteiger partial charge in [0.2, 0.25) is 5.95 Å². The average Bonchev–Trinajstić information content (AvgIpc) is 2.66. The Morgan fingerprint density at radius 2 is 1.95 bits per heavy atom. The predicted molar refractivity (Wildman–Crippen MR) is 80.2 cm³/mol. The molecule has 3 aromatic rings. The van der Waals surface area contributed by atoms with E-state index in [-0.39, 0.29) is 0 Å². The van der Waals surface area contributed by atoms with E-state index in [0.29, 0.717) is 16.0 Å². The fourth-order valence-electron chi connectivity index (χ4n) is 2.21. The number of imidazole rings is 1. The zero-order chi connectivity index (χ0) is 13.6. The summed E-state index contributed by atoms with van der Waals surface area (Å²) < 4.78 is 1.83.